The third-order valence-corrected chi connectivity index (χ3v) is 4.55. The van der Waals surface area contributed by atoms with E-state index in [1.807, 2.05) is 0 Å². The molecule has 1 aliphatic heterocycles. The topological polar surface area (TPSA) is 38.5 Å². The van der Waals surface area contributed by atoms with Crippen molar-refractivity contribution >= 4 is 0 Å². The number of morpholine rings is 1. The molecule has 0 spiro atoms. The molecule has 3 heteroatoms. The molecule has 0 bridgehead atoms. The molecule has 0 radical (unpaired) electrons. The second-order valence-corrected chi connectivity index (χ2v) is 5.82. The number of nitrogens with two attached hydrogens (primary N) is 1. The molecule has 1 unspecified atom stereocenters. The summed E-state index contributed by atoms with van der Waals surface area (Å²) in [5.41, 5.74) is 6.63. The van der Waals surface area contributed by atoms with Crippen LogP contribution in [0, 0.1) is 5.92 Å². The molecule has 2 N–H and O–H groups in total. The van der Waals surface area contributed by atoms with Gasteiger partial charge < -0.3 is 10.5 Å². The van der Waals surface area contributed by atoms with Crippen molar-refractivity contribution in [2.45, 2.75) is 51.1 Å². The molecule has 2 aliphatic rings. The third-order valence-electron chi connectivity index (χ3n) is 4.55. The number of rotatable bonds is 3. The van der Waals surface area contributed by atoms with Gasteiger partial charge in [-0.2, -0.15) is 0 Å². The van der Waals surface area contributed by atoms with Gasteiger partial charge in [-0.25, -0.2) is 0 Å². The van der Waals surface area contributed by atoms with Crippen LogP contribution in [0.15, 0.2) is 0 Å². The van der Waals surface area contributed by atoms with Crippen molar-refractivity contribution in [3.8, 4) is 0 Å². The normalized spacial score (nSPS) is 27.2. The van der Waals surface area contributed by atoms with Crippen LogP contribution < -0.4 is 5.73 Å². The molecule has 2 rings (SSSR count). The second kappa shape index (κ2) is 5.03. The Labute approximate surface area is 99.3 Å². The Balaban J connectivity index is 1.98. The molecule has 1 aliphatic carbocycles. The predicted octanol–water partition coefficient (Wildman–Crippen LogP) is 1.61. The summed E-state index contributed by atoms with van der Waals surface area (Å²) in [5, 5.41) is 0. The van der Waals surface area contributed by atoms with Crippen molar-refractivity contribution in [1.29, 1.82) is 0 Å². The predicted molar refractivity (Wildman–Crippen MR) is 66.4 cm³/mol. The van der Waals surface area contributed by atoms with Crippen molar-refractivity contribution in [3.63, 3.8) is 0 Å². The van der Waals surface area contributed by atoms with Crippen LogP contribution in [0.3, 0.4) is 0 Å². The molecule has 1 heterocycles. The first-order chi connectivity index (χ1) is 7.62. The van der Waals surface area contributed by atoms with E-state index in [1.165, 1.54) is 25.7 Å². The lowest BCUT2D eigenvalue weighted by Gasteiger charge is -2.46. The summed E-state index contributed by atoms with van der Waals surface area (Å²) < 4.78 is 5.42. The highest BCUT2D eigenvalue weighted by molar-refractivity contribution is 4.97. The summed E-state index contributed by atoms with van der Waals surface area (Å²) in [7, 11) is 0. The van der Waals surface area contributed by atoms with E-state index in [0.717, 1.165) is 32.2 Å². The van der Waals surface area contributed by atoms with Gasteiger partial charge in [-0.05, 0) is 32.6 Å². The van der Waals surface area contributed by atoms with Gasteiger partial charge in [0.25, 0.3) is 0 Å². The van der Waals surface area contributed by atoms with Crippen LogP contribution in [0.4, 0.5) is 0 Å². The lowest BCUT2D eigenvalue weighted by atomic mass is 9.82. The fourth-order valence-corrected chi connectivity index (χ4v) is 3.24. The van der Waals surface area contributed by atoms with Gasteiger partial charge >= 0.3 is 0 Å². The van der Waals surface area contributed by atoms with Crippen LogP contribution in [0.5, 0.6) is 0 Å². The van der Waals surface area contributed by atoms with Gasteiger partial charge in [-0.3, -0.25) is 4.90 Å². The molecule has 0 amide bonds. The molecular formula is C13H26N2O. The summed E-state index contributed by atoms with van der Waals surface area (Å²) in [6.07, 6.45) is 5.40. The van der Waals surface area contributed by atoms with Crippen LogP contribution in [-0.2, 0) is 4.74 Å². The molecule has 3 nitrogen and oxygen atoms in total. The first-order valence-corrected chi connectivity index (χ1v) is 6.71. The molecule has 1 saturated carbocycles. The Morgan fingerprint density at radius 1 is 1.19 bits per heavy atom. The van der Waals surface area contributed by atoms with Crippen LogP contribution in [0.2, 0.25) is 0 Å². The molecule has 2 fully saturated rings. The summed E-state index contributed by atoms with van der Waals surface area (Å²) in [6.45, 7) is 8.41. The van der Waals surface area contributed by atoms with E-state index in [0.29, 0.717) is 6.04 Å². The minimum atomic E-state index is 0.124. The highest BCUT2D eigenvalue weighted by Gasteiger charge is 2.38. The highest BCUT2D eigenvalue weighted by Crippen LogP contribution is 2.33. The van der Waals surface area contributed by atoms with Gasteiger partial charge in [-0.15, -0.1) is 0 Å². The van der Waals surface area contributed by atoms with E-state index < -0.39 is 0 Å². The van der Waals surface area contributed by atoms with Gasteiger partial charge in [0.1, 0.15) is 0 Å². The summed E-state index contributed by atoms with van der Waals surface area (Å²) >= 11 is 0. The minimum absolute atomic E-state index is 0.124. The van der Waals surface area contributed by atoms with Crippen molar-refractivity contribution < 1.29 is 4.74 Å². The number of nitrogens with zero attached hydrogens (tertiary/aromatic N) is 1. The largest absolute Gasteiger partial charge is 0.379 e. The molecule has 0 aromatic carbocycles. The summed E-state index contributed by atoms with van der Waals surface area (Å²) in [6, 6.07) is 0.313. The van der Waals surface area contributed by atoms with Gasteiger partial charge in [0.05, 0.1) is 13.2 Å². The van der Waals surface area contributed by atoms with Crippen LogP contribution in [0.25, 0.3) is 0 Å². The number of hydrogen-bond acceptors (Lipinski definition) is 3. The maximum absolute atomic E-state index is 6.51. The smallest absolute Gasteiger partial charge is 0.0594 e. The number of hydrogen-bond donors (Lipinski definition) is 1. The standard InChI is InChI=1S/C13H26N2O/c1-13(2,15-7-9-16-10-8-15)12(14)11-5-3-4-6-11/h11-12H,3-10,14H2,1-2H3. The zero-order valence-electron chi connectivity index (χ0n) is 10.7. The average Bonchev–Trinajstić information content (AvgIpc) is 2.82. The third kappa shape index (κ3) is 2.41. The van der Waals surface area contributed by atoms with Gasteiger partial charge in [0, 0.05) is 24.7 Å². The molecule has 94 valence electrons. The average molecular weight is 226 g/mol. The van der Waals surface area contributed by atoms with E-state index >= 15 is 0 Å². The molecule has 1 saturated heterocycles. The maximum atomic E-state index is 6.51. The summed E-state index contributed by atoms with van der Waals surface area (Å²) in [4.78, 5) is 2.51. The Bertz CT molecular complexity index is 218. The first-order valence-electron chi connectivity index (χ1n) is 6.71. The van der Waals surface area contributed by atoms with Gasteiger partial charge in [0.15, 0.2) is 0 Å². The zero-order valence-corrected chi connectivity index (χ0v) is 10.7. The Kier molecular flexibility index (Phi) is 3.88. The molecule has 16 heavy (non-hydrogen) atoms. The maximum Gasteiger partial charge on any atom is 0.0594 e. The van der Waals surface area contributed by atoms with Gasteiger partial charge in [0.2, 0.25) is 0 Å². The Hall–Kier alpha value is -0.120. The molecular weight excluding hydrogens is 200 g/mol. The van der Waals surface area contributed by atoms with E-state index in [-0.39, 0.29) is 5.54 Å². The molecule has 0 aromatic heterocycles. The van der Waals surface area contributed by atoms with Crippen molar-refractivity contribution in [2.24, 2.45) is 11.7 Å². The van der Waals surface area contributed by atoms with Crippen LogP contribution in [0.1, 0.15) is 39.5 Å². The van der Waals surface area contributed by atoms with E-state index in [2.05, 4.69) is 18.7 Å². The van der Waals surface area contributed by atoms with Gasteiger partial charge in [-0.1, -0.05) is 12.8 Å². The minimum Gasteiger partial charge on any atom is -0.379 e. The van der Waals surface area contributed by atoms with Crippen LogP contribution in [-0.4, -0.2) is 42.8 Å². The second-order valence-electron chi connectivity index (χ2n) is 5.82. The monoisotopic (exact) mass is 226 g/mol. The Morgan fingerprint density at radius 2 is 1.75 bits per heavy atom. The van der Waals surface area contributed by atoms with Crippen LogP contribution >= 0.6 is 0 Å². The quantitative estimate of drug-likeness (QED) is 0.794. The SMILES string of the molecule is CC(C)(C(N)C1CCCC1)N1CCOCC1. The van der Waals surface area contributed by atoms with Crippen molar-refractivity contribution in [1.82, 2.24) is 4.90 Å². The van der Waals surface area contributed by atoms with Crippen molar-refractivity contribution in [3.05, 3.63) is 0 Å². The molecule has 0 aromatic rings. The number of ether oxygens (including phenoxy) is 1. The van der Waals surface area contributed by atoms with E-state index in [1.54, 1.807) is 0 Å². The van der Waals surface area contributed by atoms with Crippen molar-refractivity contribution in [2.75, 3.05) is 26.3 Å². The van der Waals surface area contributed by atoms with E-state index in [4.69, 9.17) is 10.5 Å². The Morgan fingerprint density at radius 3 is 2.31 bits per heavy atom. The zero-order chi connectivity index (χ0) is 11.6. The first kappa shape index (κ1) is 12.3. The lowest BCUT2D eigenvalue weighted by Crippen LogP contribution is -2.61. The highest BCUT2D eigenvalue weighted by atomic mass is 16.5. The fourth-order valence-electron chi connectivity index (χ4n) is 3.24. The lowest BCUT2D eigenvalue weighted by molar-refractivity contribution is -0.0253. The fraction of sp³-hybridized carbons (Fsp3) is 1.00. The summed E-state index contributed by atoms with van der Waals surface area (Å²) in [5.74, 6) is 0.734. The molecule has 1 atom stereocenters. The van der Waals surface area contributed by atoms with E-state index in [9.17, 15) is 0 Å².